The number of nitrogens with zero attached hydrogens (tertiary/aromatic N) is 2. The number of aromatic nitrogens is 2. The van der Waals surface area contributed by atoms with E-state index in [-0.39, 0.29) is 22.4 Å². The number of nitrogens with one attached hydrogen (secondary N) is 1. The highest BCUT2D eigenvalue weighted by Crippen LogP contribution is 2.31. The zero-order valence-electron chi connectivity index (χ0n) is 14.5. The Kier molecular flexibility index (Phi) is 4.60. The molecule has 2 heterocycles. The number of benzene rings is 1. The van der Waals surface area contributed by atoms with Gasteiger partial charge in [-0.1, -0.05) is 6.92 Å². The summed E-state index contributed by atoms with van der Waals surface area (Å²) in [6, 6.07) is 4.26. The van der Waals surface area contributed by atoms with Crippen molar-refractivity contribution >= 4 is 16.9 Å². The summed E-state index contributed by atoms with van der Waals surface area (Å²) in [5.41, 5.74) is -0.299. The molecule has 1 aromatic heterocycles. The van der Waals surface area contributed by atoms with Crippen molar-refractivity contribution in [1.82, 2.24) is 14.5 Å². The van der Waals surface area contributed by atoms with Gasteiger partial charge in [-0.15, -0.1) is 0 Å². The van der Waals surface area contributed by atoms with Gasteiger partial charge in [-0.2, -0.15) is 13.2 Å². The fourth-order valence-electron chi connectivity index (χ4n) is 3.48. The number of fused-ring (bicyclic) bond motifs is 1. The molecule has 26 heavy (non-hydrogen) atoms. The van der Waals surface area contributed by atoms with Gasteiger partial charge in [0, 0.05) is 31.2 Å². The molecule has 1 saturated heterocycles. The van der Waals surface area contributed by atoms with E-state index in [1.165, 1.54) is 18.2 Å². The molecule has 9 heteroatoms. The standard InChI is InChI=1S/C17H20F3N3O3/c1-16(10-26-2)5-6-22(8-16)14(24)11-3-4-13-12(7-11)21-15(25)23(13)9-17(18,19)20/h3-4,7H,5-6,8-10H2,1-2H3,(H,21,25). The van der Waals surface area contributed by atoms with Gasteiger partial charge in [0.2, 0.25) is 0 Å². The molecule has 142 valence electrons. The summed E-state index contributed by atoms with van der Waals surface area (Å²) < 4.78 is 43.7. The minimum Gasteiger partial charge on any atom is -0.384 e. The van der Waals surface area contributed by atoms with Crippen molar-refractivity contribution in [3.8, 4) is 0 Å². The lowest BCUT2D eigenvalue weighted by atomic mass is 9.91. The summed E-state index contributed by atoms with van der Waals surface area (Å²) in [6.07, 6.45) is -3.69. The Morgan fingerprint density at radius 1 is 1.38 bits per heavy atom. The molecule has 0 bridgehead atoms. The number of imidazole rings is 1. The largest absolute Gasteiger partial charge is 0.406 e. The molecule has 1 N–H and O–H groups in total. The van der Waals surface area contributed by atoms with Crippen LogP contribution < -0.4 is 5.69 Å². The minimum atomic E-state index is -4.51. The van der Waals surface area contributed by atoms with Gasteiger partial charge in [0.05, 0.1) is 17.6 Å². The van der Waals surface area contributed by atoms with Crippen molar-refractivity contribution in [1.29, 1.82) is 0 Å². The molecular weight excluding hydrogens is 351 g/mol. The molecule has 0 radical (unpaired) electrons. The summed E-state index contributed by atoms with van der Waals surface area (Å²) in [7, 11) is 1.62. The number of H-pyrrole nitrogens is 1. The predicted octanol–water partition coefficient (Wildman–Crippen LogP) is 2.39. The van der Waals surface area contributed by atoms with Crippen LogP contribution in [-0.4, -0.2) is 53.3 Å². The molecule has 6 nitrogen and oxygen atoms in total. The molecule has 2 aromatic rings. The van der Waals surface area contributed by atoms with Crippen molar-refractivity contribution in [3.05, 3.63) is 34.2 Å². The Morgan fingerprint density at radius 3 is 2.77 bits per heavy atom. The second kappa shape index (κ2) is 6.46. The maximum atomic E-state index is 12.7. The predicted molar refractivity (Wildman–Crippen MR) is 89.1 cm³/mol. The van der Waals surface area contributed by atoms with E-state index in [0.717, 1.165) is 6.42 Å². The van der Waals surface area contributed by atoms with E-state index in [1.807, 2.05) is 6.92 Å². The third-order valence-electron chi connectivity index (χ3n) is 4.70. The van der Waals surface area contributed by atoms with Crippen molar-refractivity contribution in [2.45, 2.75) is 26.1 Å². The topological polar surface area (TPSA) is 67.3 Å². The van der Waals surface area contributed by atoms with Crippen LogP contribution in [0.2, 0.25) is 0 Å². The number of hydrogen-bond donors (Lipinski definition) is 1. The number of carbonyl (C=O) groups excluding carboxylic acids is 1. The van der Waals surface area contributed by atoms with Crippen molar-refractivity contribution in [2.24, 2.45) is 5.41 Å². The van der Waals surface area contributed by atoms with E-state index in [9.17, 15) is 22.8 Å². The SMILES string of the molecule is COCC1(C)CCN(C(=O)c2ccc3c(c2)[nH]c(=O)n3CC(F)(F)F)C1. The van der Waals surface area contributed by atoms with Crippen LogP contribution in [0.4, 0.5) is 13.2 Å². The van der Waals surface area contributed by atoms with Crippen molar-refractivity contribution < 1.29 is 22.7 Å². The number of hydrogen-bond acceptors (Lipinski definition) is 3. The number of likely N-dealkylation sites (tertiary alicyclic amines) is 1. The van der Waals surface area contributed by atoms with Crippen LogP contribution in [0.1, 0.15) is 23.7 Å². The van der Waals surface area contributed by atoms with Gasteiger partial charge in [0.1, 0.15) is 6.54 Å². The molecule has 1 unspecified atom stereocenters. The number of methoxy groups -OCH3 is 1. The number of rotatable bonds is 4. The molecule has 1 aromatic carbocycles. The number of aromatic amines is 1. The first-order valence-electron chi connectivity index (χ1n) is 8.19. The van der Waals surface area contributed by atoms with Crippen LogP contribution >= 0.6 is 0 Å². The highest BCUT2D eigenvalue weighted by atomic mass is 19.4. The first kappa shape index (κ1) is 18.5. The third kappa shape index (κ3) is 3.62. The lowest BCUT2D eigenvalue weighted by molar-refractivity contribution is -0.140. The third-order valence-corrected chi connectivity index (χ3v) is 4.70. The summed E-state index contributed by atoms with van der Waals surface area (Å²) in [4.78, 5) is 28.6. The van der Waals surface area contributed by atoms with Gasteiger partial charge >= 0.3 is 11.9 Å². The molecule has 1 aliphatic rings. The average molecular weight is 371 g/mol. The maximum absolute atomic E-state index is 12.7. The number of amides is 1. The first-order valence-corrected chi connectivity index (χ1v) is 8.19. The fraction of sp³-hybridized carbons (Fsp3) is 0.529. The smallest absolute Gasteiger partial charge is 0.384 e. The lowest BCUT2D eigenvalue weighted by Gasteiger charge is -2.23. The molecule has 1 aliphatic heterocycles. The Bertz CT molecular complexity index is 887. The van der Waals surface area contributed by atoms with E-state index >= 15 is 0 Å². The van der Waals surface area contributed by atoms with Crippen LogP contribution in [0, 0.1) is 5.41 Å². The highest BCUT2D eigenvalue weighted by Gasteiger charge is 2.36. The van der Waals surface area contributed by atoms with E-state index in [2.05, 4.69) is 4.98 Å². The second-order valence-corrected chi connectivity index (χ2v) is 7.08. The minimum absolute atomic E-state index is 0.112. The number of halogens is 3. The Morgan fingerprint density at radius 2 is 2.12 bits per heavy atom. The summed E-state index contributed by atoms with van der Waals surface area (Å²) in [5.74, 6) is -0.212. The van der Waals surface area contributed by atoms with Crippen LogP contribution in [-0.2, 0) is 11.3 Å². The number of alkyl halides is 3. The lowest BCUT2D eigenvalue weighted by Crippen LogP contribution is -2.32. The van der Waals surface area contributed by atoms with Gasteiger partial charge in [0.25, 0.3) is 5.91 Å². The zero-order chi connectivity index (χ0) is 19.1. The summed E-state index contributed by atoms with van der Waals surface area (Å²) in [6.45, 7) is 2.34. The summed E-state index contributed by atoms with van der Waals surface area (Å²) >= 11 is 0. The van der Waals surface area contributed by atoms with Gasteiger partial charge in [-0.05, 0) is 24.6 Å². The Labute approximate surface area is 147 Å². The van der Waals surface area contributed by atoms with Gasteiger partial charge in [-0.3, -0.25) is 9.36 Å². The quantitative estimate of drug-likeness (QED) is 0.897. The number of carbonyl (C=O) groups is 1. The molecule has 0 spiro atoms. The van der Waals surface area contributed by atoms with Gasteiger partial charge in [-0.25, -0.2) is 4.79 Å². The van der Waals surface area contributed by atoms with Crippen molar-refractivity contribution in [3.63, 3.8) is 0 Å². The highest BCUT2D eigenvalue weighted by molar-refractivity contribution is 5.97. The molecule has 1 atom stereocenters. The maximum Gasteiger partial charge on any atom is 0.406 e. The fourth-order valence-corrected chi connectivity index (χ4v) is 3.48. The summed E-state index contributed by atoms with van der Waals surface area (Å²) in [5, 5.41) is 0. The van der Waals surface area contributed by atoms with E-state index in [0.29, 0.717) is 29.8 Å². The van der Waals surface area contributed by atoms with Crippen LogP contribution in [0.5, 0.6) is 0 Å². The zero-order valence-corrected chi connectivity index (χ0v) is 14.5. The van der Waals surface area contributed by atoms with Crippen LogP contribution in [0.3, 0.4) is 0 Å². The van der Waals surface area contributed by atoms with Gasteiger partial charge < -0.3 is 14.6 Å². The van der Waals surface area contributed by atoms with Crippen LogP contribution in [0.15, 0.2) is 23.0 Å². The van der Waals surface area contributed by atoms with E-state index < -0.39 is 18.4 Å². The molecule has 0 aliphatic carbocycles. The molecule has 1 fully saturated rings. The number of ether oxygens (including phenoxy) is 1. The van der Waals surface area contributed by atoms with Gasteiger partial charge in [0.15, 0.2) is 0 Å². The second-order valence-electron chi connectivity index (χ2n) is 7.08. The molecule has 1 amide bonds. The Hall–Kier alpha value is -2.29. The van der Waals surface area contributed by atoms with Crippen molar-refractivity contribution in [2.75, 3.05) is 26.8 Å². The molecule has 3 rings (SSSR count). The van der Waals surface area contributed by atoms with E-state index in [1.54, 1.807) is 12.0 Å². The molecule has 0 saturated carbocycles. The monoisotopic (exact) mass is 371 g/mol. The van der Waals surface area contributed by atoms with Crippen LogP contribution in [0.25, 0.3) is 11.0 Å². The Balaban J connectivity index is 1.86. The first-order chi connectivity index (χ1) is 12.1. The molecular formula is C17H20F3N3O3. The van der Waals surface area contributed by atoms with E-state index in [4.69, 9.17) is 4.74 Å². The normalized spacial score (nSPS) is 20.9. The average Bonchev–Trinajstić information content (AvgIpc) is 3.06.